The van der Waals surface area contributed by atoms with Gasteiger partial charge in [-0.25, -0.2) is 9.78 Å². The third kappa shape index (κ3) is 4.45. The number of aromatic nitrogens is 2. The van der Waals surface area contributed by atoms with Crippen LogP contribution in [0.4, 0.5) is 22.0 Å². The van der Waals surface area contributed by atoms with Crippen LogP contribution >= 0.6 is 15.9 Å². The van der Waals surface area contributed by atoms with Crippen molar-refractivity contribution >= 4 is 39.2 Å². The molecule has 1 amide bonds. The molecule has 1 aliphatic heterocycles. The molecule has 3 heterocycles. The van der Waals surface area contributed by atoms with E-state index in [4.69, 9.17) is 0 Å². The summed E-state index contributed by atoms with van der Waals surface area (Å²) in [5.74, 6) is 0.568. The van der Waals surface area contributed by atoms with E-state index in [-0.39, 0.29) is 23.1 Å². The topological polar surface area (TPSA) is 90.7 Å². The molecule has 8 nitrogen and oxygen atoms in total. The molecule has 162 valence electrons. The van der Waals surface area contributed by atoms with Crippen LogP contribution in [0.25, 0.3) is 0 Å². The smallest absolute Gasteiger partial charge is 0.407 e. The van der Waals surface area contributed by atoms with Crippen molar-refractivity contribution in [2.75, 3.05) is 23.3 Å². The molecule has 3 rings (SSSR count). The monoisotopic (exact) mass is 477 g/mol. The molecule has 1 fully saturated rings. The number of amides is 1. The molecule has 1 aliphatic rings. The highest BCUT2D eigenvalue weighted by atomic mass is 79.9. The number of carbonyl (C=O) groups is 1. The highest BCUT2D eigenvalue weighted by Crippen LogP contribution is 2.34. The van der Waals surface area contributed by atoms with Crippen LogP contribution in [0, 0.1) is 5.41 Å². The van der Waals surface area contributed by atoms with Crippen molar-refractivity contribution < 1.29 is 9.90 Å². The lowest BCUT2D eigenvalue weighted by molar-refractivity contribution is 0.0564. The van der Waals surface area contributed by atoms with Gasteiger partial charge in [-0.1, -0.05) is 20.8 Å². The quantitative estimate of drug-likeness (QED) is 0.696. The maximum atomic E-state index is 12.3. The van der Waals surface area contributed by atoms with E-state index in [2.05, 4.69) is 58.8 Å². The van der Waals surface area contributed by atoms with E-state index in [0.29, 0.717) is 24.6 Å². The fraction of sp³-hybridized carbons (Fsp3) is 0.476. The second kappa shape index (κ2) is 8.29. The first-order valence-electron chi connectivity index (χ1n) is 9.84. The van der Waals surface area contributed by atoms with Gasteiger partial charge in [0.15, 0.2) is 0 Å². The lowest BCUT2D eigenvalue weighted by Crippen LogP contribution is -2.64. The summed E-state index contributed by atoms with van der Waals surface area (Å²) in [7, 11) is 1.69. The van der Waals surface area contributed by atoms with Crippen LogP contribution in [-0.4, -0.2) is 50.8 Å². The van der Waals surface area contributed by atoms with Gasteiger partial charge in [-0.15, -0.1) is 0 Å². The van der Waals surface area contributed by atoms with Crippen LogP contribution in [-0.2, 0) is 7.05 Å². The Labute approximate surface area is 184 Å². The first-order chi connectivity index (χ1) is 14.0. The highest BCUT2D eigenvalue weighted by molar-refractivity contribution is 9.10. The van der Waals surface area contributed by atoms with Crippen molar-refractivity contribution in [1.29, 1.82) is 0 Å². The SMILES string of the molecule is CC1[C@@H](C(C)(C)C)N(C(=O)O)CCN1c1ccc(Nc2cc(Br)cn(C)c2=O)nc1. The number of hydrogen-bond acceptors (Lipinski definition) is 5. The number of nitrogens with zero attached hydrogens (tertiary/aromatic N) is 4. The molecule has 2 atom stereocenters. The first-order valence-corrected chi connectivity index (χ1v) is 10.6. The minimum Gasteiger partial charge on any atom is -0.465 e. The van der Waals surface area contributed by atoms with E-state index in [1.54, 1.807) is 30.4 Å². The summed E-state index contributed by atoms with van der Waals surface area (Å²) in [5, 5.41) is 12.7. The van der Waals surface area contributed by atoms with Crippen molar-refractivity contribution in [3.8, 4) is 0 Å². The molecular weight excluding hydrogens is 450 g/mol. The maximum Gasteiger partial charge on any atom is 0.407 e. The van der Waals surface area contributed by atoms with Crippen LogP contribution in [0.15, 0.2) is 39.9 Å². The van der Waals surface area contributed by atoms with Crippen molar-refractivity contribution in [2.45, 2.75) is 39.8 Å². The Hall–Kier alpha value is -2.55. The van der Waals surface area contributed by atoms with Gasteiger partial charge in [-0.05, 0) is 46.5 Å². The van der Waals surface area contributed by atoms with Crippen LogP contribution in [0.5, 0.6) is 0 Å². The van der Waals surface area contributed by atoms with Gasteiger partial charge in [0, 0.05) is 36.8 Å². The number of aryl methyl sites for hydroxylation is 1. The molecule has 2 aromatic rings. The number of anilines is 3. The predicted molar refractivity (Wildman–Crippen MR) is 122 cm³/mol. The lowest BCUT2D eigenvalue weighted by atomic mass is 9.80. The first kappa shape index (κ1) is 22.1. The standard InChI is InChI=1S/C21H28BrN5O3/c1-13-18(21(2,3)4)27(20(29)30)9-8-26(13)15-6-7-17(23-11-15)24-16-10-14(22)12-25(5)19(16)28/h6-7,10-13,18H,8-9H2,1-5H3,(H,23,24)(H,29,30)/t13?,18-/m0/s1. The highest BCUT2D eigenvalue weighted by Gasteiger charge is 2.43. The maximum absolute atomic E-state index is 12.3. The Balaban J connectivity index is 1.82. The normalized spacial score (nSPS) is 19.7. The van der Waals surface area contributed by atoms with Gasteiger partial charge in [0.25, 0.3) is 5.56 Å². The zero-order chi connectivity index (χ0) is 22.2. The van der Waals surface area contributed by atoms with Gasteiger partial charge in [0.2, 0.25) is 0 Å². The third-order valence-electron chi connectivity index (χ3n) is 5.49. The van der Waals surface area contributed by atoms with E-state index in [1.807, 2.05) is 12.1 Å². The van der Waals surface area contributed by atoms with E-state index >= 15 is 0 Å². The molecule has 0 saturated carbocycles. The second-order valence-electron chi connectivity index (χ2n) is 8.74. The summed E-state index contributed by atoms with van der Waals surface area (Å²) in [6, 6.07) is 5.35. The van der Waals surface area contributed by atoms with Gasteiger partial charge >= 0.3 is 6.09 Å². The van der Waals surface area contributed by atoms with E-state index in [1.165, 1.54) is 4.57 Å². The van der Waals surface area contributed by atoms with Crippen LogP contribution in [0.1, 0.15) is 27.7 Å². The number of carboxylic acid groups (broad SMARTS) is 1. The van der Waals surface area contributed by atoms with Crippen molar-refractivity contribution in [2.24, 2.45) is 12.5 Å². The fourth-order valence-electron chi connectivity index (χ4n) is 4.29. The Morgan fingerprint density at radius 2 is 2.00 bits per heavy atom. The molecule has 1 unspecified atom stereocenters. The molecule has 1 saturated heterocycles. The zero-order valence-electron chi connectivity index (χ0n) is 17.9. The summed E-state index contributed by atoms with van der Waals surface area (Å²) in [5.41, 5.74) is 1.01. The van der Waals surface area contributed by atoms with Gasteiger partial charge in [-0.2, -0.15) is 0 Å². The molecule has 30 heavy (non-hydrogen) atoms. The van der Waals surface area contributed by atoms with Crippen molar-refractivity contribution in [3.05, 3.63) is 45.4 Å². The molecule has 0 aromatic carbocycles. The van der Waals surface area contributed by atoms with E-state index in [9.17, 15) is 14.7 Å². The predicted octanol–water partition coefficient (Wildman–Crippen LogP) is 3.89. The molecule has 0 spiro atoms. The van der Waals surface area contributed by atoms with E-state index < -0.39 is 6.09 Å². The molecule has 9 heteroatoms. The Morgan fingerprint density at radius 3 is 2.57 bits per heavy atom. The zero-order valence-corrected chi connectivity index (χ0v) is 19.5. The summed E-state index contributed by atoms with van der Waals surface area (Å²) >= 11 is 3.39. The van der Waals surface area contributed by atoms with Gasteiger partial charge in [-0.3, -0.25) is 4.79 Å². The Bertz CT molecular complexity index is 984. The van der Waals surface area contributed by atoms with Crippen LogP contribution < -0.4 is 15.8 Å². The third-order valence-corrected chi connectivity index (χ3v) is 5.93. The van der Waals surface area contributed by atoms with Gasteiger partial charge < -0.3 is 24.8 Å². The van der Waals surface area contributed by atoms with Crippen molar-refractivity contribution in [1.82, 2.24) is 14.5 Å². The number of piperazine rings is 1. The minimum atomic E-state index is -0.880. The summed E-state index contributed by atoms with van der Waals surface area (Å²) in [6.45, 7) is 9.30. The number of hydrogen-bond donors (Lipinski definition) is 2. The van der Waals surface area contributed by atoms with Gasteiger partial charge in [0.05, 0.1) is 17.9 Å². The number of halogens is 1. The number of nitrogens with one attached hydrogen (secondary N) is 1. The van der Waals surface area contributed by atoms with Crippen LogP contribution in [0.3, 0.4) is 0 Å². The molecule has 0 bridgehead atoms. The molecule has 2 N–H and O–H groups in total. The van der Waals surface area contributed by atoms with Crippen LogP contribution in [0.2, 0.25) is 0 Å². The minimum absolute atomic E-state index is 0.00664. The molecule has 0 radical (unpaired) electrons. The summed E-state index contributed by atoms with van der Waals surface area (Å²) < 4.78 is 2.29. The summed E-state index contributed by atoms with van der Waals surface area (Å²) in [6.07, 6.45) is 2.58. The summed E-state index contributed by atoms with van der Waals surface area (Å²) in [4.78, 5) is 32.3. The lowest BCUT2D eigenvalue weighted by Gasteiger charge is -2.51. The average Bonchev–Trinajstić information content (AvgIpc) is 2.65. The number of pyridine rings is 2. The van der Waals surface area contributed by atoms with Gasteiger partial charge in [0.1, 0.15) is 11.5 Å². The molecule has 2 aromatic heterocycles. The fourth-order valence-corrected chi connectivity index (χ4v) is 4.82. The van der Waals surface area contributed by atoms with E-state index in [0.717, 1.165) is 10.2 Å². The average molecular weight is 478 g/mol. The molecule has 0 aliphatic carbocycles. The largest absolute Gasteiger partial charge is 0.465 e. The molecular formula is C21H28BrN5O3. The second-order valence-corrected chi connectivity index (χ2v) is 9.65. The Kier molecular flexibility index (Phi) is 6.12. The number of rotatable bonds is 3. The Morgan fingerprint density at radius 1 is 1.30 bits per heavy atom. The van der Waals surface area contributed by atoms with Crippen molar-refractivity contribution in [3.63, 3.8) is 0 Å².